The monoisotopic (exact) mass is 452 g/mol. The molecule has 2 aliphatic carbocycles. The Balaban J connectivity index is 1.30. The highest BCUT2D eigenvalue weighted by molar-refractivity contribution is 6.39. The van der Waals surface area contributed by atoms with E-state index in [4.69, 9.17) is 27.7 Å². The minimum atomic E-state index is 0.244. The highest BCUT2D eigenvalue weighted by Gasteiger charge is 2.44. The van der Waals surface area contributed by atoms with Crippen LogP contribution in [0, 0.1) is 5.41 Å². The van der Waals surface area contributed by atoms with Crippen LogP contribution in [0.15, 0.2) is 47.4 Å². The summed E-state index contributed by atoms with van der Waals surface area (Å²) in [6, 6.07) is 5.58. The molecule has 1 aliphatic heterocycles. The molecule has 3 aromatic rings. The standard InChI is InChI=1S/C24H22Cl2N4O/c25-17-2-1-3-18(26)21(17)22-20(23(31-29-22)15-4-5-15)16-12-24(13-16)6-10-30(11-7-24)19-14-27-8-9-28-19/h1-3,8-9,12,14-15H,4-7,10-11,13H2. The Hall–Kier alpha value is -2.37. The Kier molecular flexibility index (Phi) is 4.58. The summed E-state index contributed by atoms with van der Waals surface area (Å²) in [5.74, 6) is 2.43. The molecular formula is C24H22Cl2N4O. The maximum atomic E-state index is 6.52. The van der Waals surface area contributed by atoms with Crippen LogP contribution in [-0.4, -0.2) is 28.2 Å². The van der Waals surface area contributed by atoms with Crippen molar-refractivity contribution in [1.29, 1.82) is 0 Å². The van der Waals surface area contributed by atoms with Crippen LogP contribution in [0.5, 0.6) is 0 Å². The van der Waals surface area contributed by atoms with E-state index in [0.29, 0.717) is 16.0 Å². The van der Waals surface area contributed by atoms with Gasteiger partial charge in [0.15, 0.2) is 0 Å². The van der Waals surface area contributed by atoms with Crippen molar-refractivity contribution in [2.75, 3.05) is 18.0 Å². The number of rotatable bonds is 4. The van der Waals surface area contributed by atoms with Gasteiger partial charge in [0.25, 0.3) is 0 Å². The minimum Gasteiger partial charge on any atom is -0.360 e. The summed E-state index contributed by atoms with van der Waals surface area (Å²) in [5, 5.41) is 5.66. The van der Waals surface area contributed by atoms with Crippen molar-refractivity contribution >= 4 is 34.6 Å². The first-order valence-corrected chi connectivity index (χ1v) is 11.6. The number of nitrogens with zero attached hydrogens (tertiary/aromatic N) is 4. The van der Waals surface area contributed by atoms with Crippen LogP contribution in [0.1, 0.15) is 49.3 Å². The fourth-order valence-electron chi connectivity index (χ4n) is 4.97. The minimum absolute atomic E-state index is 0.244. The maximum absolute atomic E-state index is 6.52. The molecule has 0 unspecified atom stereocenters. The second kappa shape index (κ2) is 7.35. The number of halogens is 2. The highest BCUT2D eigenvalue weighted by atomic mass is 35.5. The van der Waals surface area contributed by atoms with Gasteiger partial charge >= 0.3 is 0 Å². The summed E-state index contributed by atoms with van der Waals surface area (Å²) in [5.41, 5.74) is 4.25. The smallest absolute Gasteiger partial charge is 0.147 e. The number of aromatic nitrogens is 3. The van der Waals surface area contributed by atoms with Crippen molar-refractivity contribution in [3.63, 3.8) is 0 Å². The zero-order chi connectivity index (χ0) is 21.0. The Morgan fingerprint density at radius 1 is 1.03 bits per heavy atom. The third kappa shape index (κ3) is 3.35. The van der Waals surface area contributed by atoms with E-state index in [1.54, 1.807) is 12.4 Å². The molecule has 3 heterocycles. The van der Waals surface area contributed by atoms with E-state index in [1.165, 1.54) is 5.57 Å². The Morgan fingerprint density at radius 3 is 2.42 bits per heavy atom. The molecule has 31 heavy (non-hydrogen) atoms. The molecule has 1 saturated carbocycles. The third-order valence-electron chi connectivity index (χ3n) is 6.84. The normalized spacial score (nSPS) is 19.9. The predicted molar refractivity (Wildman–Crippen MR) is 122 cm³/mol. The molecule has 7 heteroatoms. The number of benzene rings is 1. The zero-order valence-corrected chi connectivity index (χ0v) is 18.5. The van der Waals surface area contributed by atoms with E-state index in [1.807, 2.05) is 24.4 Å². The topological polar surface area (TPSA) is 55.1 Å². The number of allylic oxidation sites excluding steroid dienone is 2. The fraction of sp³-hybridized carbons (Fsp3) is 0.375. The SMILES string of the molecule is Clc1cccc(Cl)c1-c1noc(C2CC2)c1C1=CC2(CCN(c3cnccn3)CC2)C1. The molecule has 2 aromatic heterocycles. The Bertz CT molecular complexity index is 1140. The van der Waals surface area contributed by atoms with Crippen molar-refractivity contribution in [3.8, 4) is 11.3 Å². The van der Waals surface area contributed by atoms with Gasteiger partial charge in [-0.25, -0.2) is 4.98 Å². The van der Waals surface area contributed by atoms with Crippen molar-refractivity contribution < 1.29 is 4.52 Å². The van der Waals surface area contributed by atoms with Crippen LogP contribution in [-0.2, 0) is 0 Å². The first-order valence-electron chi connectivity index (χ1n) is 10.8. The van der Waals surface area contributed by atoms with Crippen LogP contribution in [0.2, 0.25) is 10.0 Å². The van der Waals surface area contributed by atoms with E-state index in [-0.39, 0.29) is 5.41 Å². The van der Waals surface area contributed by atoms with Crippen molar-refractivity contribution in [2.24, 2.45) is 5.41 Å². The number of piperidine rings is 1. The second-order valence-corrected chi connectivity index (χ2v) is 9.72. The number of anilines is 1. The molecule has 3 aliphatic rings. The number of hydrogen-bond donors (Lipinski definition) is 0. The molecule has 1 saturated heterocycles. The van der Waals surface area contributed by atoms with Gasteiger partial charge in [-0.15, -0.1) is 0 Å². The van der Waals surface area contributed by atoms with Gasteiger partial charge in [-0.2, -0.15) is 0 Å². The highest BCUT2D eigenvalue weighted by Crippen LogP contribution is 2.56. The summed E-state index contributed by atoms with van der Waals surface area (Å²) >= 11 is 13.0. The van der Waals surface area contributed by atoms with Gasteiger partial charge in [0.1, 0.15) is 17.3 Å². The van der Waals surface area contributed by atoms with Gasteiger partial charge in [0, 0.05) is 42.5 Å². The molecule has 1 aromatic carbocycles. The van der Waals surface area contributed by atoms with Crippen LogP contribution in [0.4, 0.5) is 5.82 Å². The zero-order valence-electron chi connectivity index (χ0n) is 17.0. The van der Waals surface area contributed by atoms with Crippen molar-refractivity contribution in [1.82, 2.24) is 15.1 Å². The van der Waals surface area contributed by atoms with E-state index < -0.39 is 0 Å². The lowest BCUT2D eigenvalue weighted by molar-refractivity contribution is 0.276. The molecule has 158 valence electrons. The van der Waals surface area contributed by atoms with Crippen LogP contribution in [0.25, 0.3) is 16.8 Å². The molecule has 0 atom stereocenters. The van der Waals surface area contributed by atoms with E-state index in [2.05, 4.69) is 26.1 Å². The summed E-state index contributed by atoms with van der Waals surface area (Å²) in [6.07, 6.45) is 13.3. The average molecular weight is 453 g/mol. The molecule has 1 spiro atoms. The first kappa shape index (κ1) is 19.3. The van der Waals surface area contributed by atoms with E-state index in [0.717, 1.165) is 73.6 Å². The van der Waals surface area contributed by atoms with Crippen LogP contribution in [0.3, 0.4) is 0 Å². The molecule has 0 amide bonds. The summed E-state index contributed by atoms with van der Waals surface area (Å²) < 4.78 is 5.86. The van der Waals surface area contributed by atoms with E-state index in [9.17, 15) is 0 Å². The summed E-state index contributed by atoms with van der Waals surface area (Å²) in [4.78, 5) is 11.0. The van der Waals surface area contributed by atoms with Gasteiger partial charge in [-0.1, -0.05) is 40.5 Å². The predicted octanol–water partition coefficient (Wildman–Crippen LogP) is 6.39. The summed E-state index contributed by atoms with van der Waals surface area (Å²) in [6.45, 7) is 1.98. The van der Waals surface area contributed by atoms with E-state index >= 15 is 0 Å². The van der Waals surface area contributed by atoms with Gasteiger partial charge in [0.2, 0.25) is 0 Å². The Labute approximate surface area is 191 Å². The lowest BCUT2D eigenvalue weighted by Crippen LogP contribution is -2.42. The van der Waals surface area contributed by atoms with Crippen molar-refractivity contribution in [2.45, 2.75) is 38.0 Å². The molecule has 0 bridgehead atoms. The lowest BCUT2D eigenvalue weighted by atomic mass is 9.63. The molecule has 5 nitrogen and oxygen atoms in total. The average Bonchev–Trinajstić information content (AvgIpc) is 3.53. The van der Waals surface area contributed by atoms with Crippen LogP contribution >= 0.6 is 23.2 Å². The number of hydrogen-bond acceptors (Lipinski definition) is 5. The van der Waals surface area contributed by atoms with Gasteiger partial charge < -0.3 is 9.42 Å². The third-order valence-corrected chi connectivity index (χ3v) is 7.47. The van der Waals surface area contributed by atoms with Gasteiger partial charge in [-0.05, 0) is 55.2 Å². The molecule has 6 rings (SSSR count). The molecule has 0 N–H and O–H groups in total. The molecule has 0 radical (unpaired) electrons. The maximum Gasteiger partial charge on any atom is 0.147 e. The fourth-order valence-corrected chi connectivity index (χ4v) is 5.55. The van der Waals surface area contributed by atoms with Gasteiger partial charge in [0.05, 0.1) is 16.2 Å². The quantitative estimate of drug-likeness (QED) is 0.458. The largest absolute Gasteiger partial charge is 0.360 e. The first-order chi connectivity index (χ1) is 15.1. The second-order valence-electron chi connectivity index (χ2n) is 8.90. The Morgan fingerprint density at radius 2 is 1.77 bits per heavy atom. The summed E-state index contributed by atoms with van der Waals surface area (Å²) in [7, 11) is 0. The van der Waals surface area contributed by atoms with Crippen LogP contribution < -0.4 is 4.90 Å². The van der Waals surface area contributed by atoms with Gasteiger partial charge in [-0.3, -0.25) is 4.98 Å². The molecule has 2 fully saturated rings. The van der Waals surface area contributed by atoms with Crippen molar-refractivity contribution in [3.05, 3.63) is 64.2 Å². The lowest BCUT2D eigenvalue weighted by Gasteiger charge is -2.46. The molecular weight excluding hydrogens is 431 g/mol.